The van der Waals surface area contributed by atoms with Crippen molar-refractivity contribution < 1.29 is 14.3 Å². The van der Waals surface area contributed by atoms with Crippen LogP contribution in [0.5, 0.6) is 0 Å². The third-order valence-electron chi connectivity index (χ3n) is 4.12. The van der Waals surface area contributed by atoms with Crippen LogP contribution in [-0.4, -0.2) is 22.9 Å². The maximum absolute atomic E-state index is 12.4. The van der Waals surface area contributed by atoms with Gasteiger partial charge in [-0.15, -0.1) is 0 Å². The Kier molecular flexibility index (Phi) is 4.57. The third kappa shape index (κ3) is 3.34. The average molecular weight is 423 g/mol. The van der Waals surface area contributed by atoms with Crippen LogP contribution in [0.25, 0.3) is 0 Å². The average Bonchev–Trinajstić information content (AvgIpc) is 3.30. The predicted octanol–water partition coefficient (Wildman–Crippen LogP) is 4.08. The number of carbonyl (C=O) groups excluding carboxylic acids is 2. The van der Waals surface area contributed by atoms with Gasteiger partial charge in [-0.05, 0) is 67.5 Å². The quantitative estimate of drug-likeness (QED) is 0.414. The van der Waals surface area contributed by atoms with E-state index in [0.29, 0.717) is 17.2 Å². The van der Waals surface area contributed by atoms with Crippen molar-refractivity contribution in [2.75, 3.05) is 6.61 Å². The molecule has 23 heavy (non-hydrogen) atoms. The van der Waals surface area contributed by atoms with Crippen LogP contribution in [-0.2, 0) is 4.74 Å². The Bertz CT molecular complexity index is 775. The van der Waals surface area contributed by atoms with E-state index < -0.39 is 5.97 Å². The van der Waals surface area contributed by atoms with E-state index in [9.17, 15) is 9.59 Å². The number of esters is 1. The van der Waals surface area contributed by atoms with Crippen LogP contribution in [0.15, 0.2) is 30.3 Å². The van der Waals surface area contributed by atoms with E-state index in [-0.39, 0.29) is 12.4 Å². The molecule has 3 rings (SSSR count). The second-order valence-electron chi connectivity index (χ2n) is 5.87. The van der Waals surface area contributed by atoms with Crippen molar-refractivity contribution in [3.8, 4) is 0 Å². The van der Waals surface area contributed by atoms with E-state index in [1.807, 2.05) is 32.0 Å². The Labute approximate surface area is 149 Å². The lowest BCUT2D eigenvalue weighted by Gasteiger charge is -2.08. The normalized spacial score (nSPS) is 13.9. The van der Waals surface area contributed by atoms with Gasteiger partial charge in [-0.3, -0.25) is 4.79 Å². The van der Waals surface area contributed by atoms with Crippen LogP contribution in [0.3, 0.4) is 0 Å². The van der Waals surface area contributed by atoms with Crippen LogP contribution in [0, 0.1) is 17.4 Å². The number of hydrogen-bond donors (Lipinski definition) is 0. The number of ether oxygens (including phenoxy) is 1. The number of aryl methyl sites for hydroxylation is 1. The smallest absolute Gasteiger partial charge is 0.339 e. The summed E-state index contributed by atoms with van der Waals surface area (Å²) in [7, 11) is 0. The minimum Gasteiger partial charge on any atom is -0.454 e. The molecular formula is C18H18INO3. The minimum atomic E-state index is -0.459. The summed E-state index contributed by atoms with van der Waals surface area (Å²) in [6, 6.07) is 9.61. The van der Waals surface area contributed by atoms with Crippen molar-refractivity contribution in [2.24, 2.45) is 0 Å². The standard InChI is InChI=1S/C18H18INO3/c1-11-9-15(12(2)20(11)13-7-8-13)17(21)10-23-18(22)14-5-3-4-6-16(14)19/h3-6,9,13H,7-8,10H2,1-2H3. The molecule has 120 valence electrons. The largest absolute Gasteiger partial charge is 0.454 e. The Morgan fingerprint density at radius 1 is 1.22 bits per heavy atom. The van der Waals surface area contributed by atoms with Crippen molar-refractivity contribution >= 4 is 34.3 Å². The number of halogens is 1. The number of hydrogen-bond acceptors (Lipinski definition) is 3. The third-order valence-corrected chi connectivity index (χ3v) is 5.07. The molecule has 2 aromatic rings. The van der Waals surface area contributed by atoms with Crippen molar-refractivity contribution in [3.05, 3.63) is 56.4 Å². The number of rotatable bonds is 5. The van der Waals surface area contributed by atoms with Gasteiger partial charge in [0.05, 0.1) is 5.56 Å². The first-order valence-corrected chi connectivity index (χ1v) is 8.70. The van der Waals surface area contributed by atoms with Gasteiger partial charge in [0, 0.05) is 26.6 Å². The van der Waals surface area contributed by atoms with Crippen LogP contribution >= 0.6 is 22.6 Å². The Hall–Kier alpha value is -1.63. The second-order valence-corrected chi connectivity index (χ2v) is 7.03. The molecule has 1 saturated carbocycles. The predicted molar refractivity (Wildman–Crippen MR) is 95.9 cm³/mol. The van der Waals surface area contributed by atoms with Crippen LogP contribution in [0.1, 0.15) is 51.0 Å². The van der Waals surface area contributed by atoms with Gasteiger partial charge in [-0.2, -0.15) is 0 Å². The van der Waals surface area contributed by atoms with Gasteiger partial charge in [0.25, 0.3) is 0 Å². The van der Waals surface area contributed by atoms with E-state index in [0.717, 1.165) is 15.0 Å². The number of aromatic nitrogens is 1. The lowest BCUT2D eigenvalue weighted by Crippen LogP contribution is -2.15. The molecule has 1 aliphatic carbocycles. The number of nitrogens with zero attached hydrogens (tertiary/aromatic N) is 1. The van der Waals surface area contributed by atoms with E-state index in [1.165, 1.54) is 12.8 Å². The highest BCUT2D eigenvalue weighted by Gasteiger charge is 2.28. The van der Waals surface area contributed by atoms with Crippen molar-refractivity contribution in [2.45, 2.75) is 32.7 Å². The number of Topliss-reactive ketones (excluding diaryl/α,β-unsaturated/α-hetero) is 1. The lowest BCUT2D eigenvalue weighted by molar-refractivity contribution is 0.0473. The first-order valence-electron chi connectivity index (χ1n) is 7.62. The SMILES string of the molecule is Cc1cc(C(=O)COC(=O)c2ccccc2I)c(C)n1C1CC1. The van der Waals surface area contributed by atoms with E-state index in [4.69, 9.17) is 4.74 Å². The maximum Gasteiger partial charge on any atom is 0.339 e. The topological polar surface area (TPSA) is 48.3 Å². The van der Waals surface area contributed by atoms with E-state index in [1.54, 1.807) is 12.1 Å². The van der Waals surface area contributed by atoms with Gasteiger partial charge >= 0.3 is 5.97 Å². The van der Waals surface area contributed by atoms with Gasteiger partial charge < -0.3 is 9.30 Å². The molecular weight excluding hydrogens is 405 g/mol. The molecule has 0 radical (unpaired) electrons. The molecule has 1 aromatic heterocycles. The van der Waals surface area contributed by atoms with E-state index >= 15 is 0 Å². The molecule has 0 spiro atoms. The van der Waals surface area contributed by atoms with Gasteiger partial charge in [-0.25, -0.2) is 4.79 Å². The molecule has 1 fully saturated rings. The number of benzene rings is 1. The van der Waals surface area contributed by atoms with Gasteiger partial charge in [0.2, 0.25) is 5.78 Å². The Balaban J connectivity index is 1.69. The summed E-state index contributed by atoms with van der Waals surface area (Å²) in [5.41, 5.74) is 3.21. The maximum atomic E-state index is 12.4. The summed E-state index contributed by atoms with van der Waals surface area (Å²) in [4.78, 5) is 24.5. The minimum absolute atomic E-state index is 0.149. The summed E-state index contributed by atoms with van der Waals surface area (Å²) in [6.45, 7) is 3.75. The Morgan fingerprint density at radius 3 is 2.57 bits per heavy atom. The van der Waals surface area contributed by atoms with Crippen LogP contribution in [0.2, 0.25) is 0 Å². The fourth-order valence-electron chi connectivity index (χ4n) is 2.87. The van der Waals surface area contributed by atoms with Gasteiger partial charge in [0.1, 0.15) is 0 Å². The molecule has 0 saturated heterocycles. The molecule has 1 aliphatic rings. The molecule has 5 heteroatoms. The van der Waals surface area contributed by atoms with Crippen molar-refractivity contribution in [3.63, 3.8) is 0 Å². The summed E-state index contributed by atoms with van der Waals surface area (Å²) in [6.07, 6.45) is 2.34. The molecule has 1 aromatic carbocycles. The molecule has 4 nitrogen and oxygen atoms in total. The summed E-state index contributed by atoms with van der Waals surface area (Å²) in [5.74, 6) is -0.608. The zero-order chi connectivity index (χ0) is 16.6. The highest BCUT2D eigenvalue weighted by molar-refractivity contribution is 14.1. The van der Waals surface area contributed by atoms with Gasteiger partial charge in [-0.1, -0.05) is 12.1 Å². The lowest BCUT2D eigenvalue weighted by atomic mass is 10.1. The van der Waals surface area contributed by atoms with Crippen molar-refractivity contribution in [1.82, 2.24) is 4.57 Å². The van der Waals surface area contributed by atoms with Gasteiger partial charge in [0.15, 0.2) is 6.61 Å². The zero-order valence-electron chi connectivity index (χ0n) is 13.1. The molecule has 0 atom stereocenters. The molecule has 0 unspecified atom stereocenters. The summed E-state index contributed by atoms with van der Waals surface area (Å²) < 4.78 is 8.23. The second kappa shape index (κ2) is 6.47. The van der Waals surface area contributed by atoms with Crippen LogP contribution < -0.4 is 0 Å². The van der Waals surface area contributed by atoms with Crippen LogP contribution in [0.4, 0.5) is 0 Å². The highest BCUT2D eigenvalue weighted by Crippen LogP contribution is 2.38. The van der Waals surface area contributed by atoms with Crippen molar-refractivity contribution in [1.29, 1.82) is 0 Å². The molecule has 0 aliphatic heterocycles. The Morgan fingerprint density at radius 2 is 1.91 bits per heavy atom. The molecule has 0 N–H and O–H groups in total. The molecule has 0 amide bonds. The number of carbonyl (C=O) groups is 2. The highest BCUT2D eigenvalue weighted by atomic mass is 127. The molecule has 1 heterocycles. The first kappa shape index (κ1) is 16.2. The summed E-state index contributed by atoms with van der Waals surface area (Å²) >= 11 is 2.08. The van der Waals surface area contributed by atoms with E-state index in [2.05, 4.69) is 27.2 Å². The summed E-state index contributed by atoms with van der Waals surface area (Å²) in [5, 5.41) is 0. The first-order chi connectivity index (χ1) is 11.0. The fourth-order valence-corrected chi connectivity index (χ4v) is 3.47. The zero-order valence-corrected chi connectivity index (χ0v) is 15.3. The fraction of sp³-hybridized carbons (Fsp3) is 0.333. The number of ketones is 1. The molecule has 0 bridgehead atoms. The monoisotopic (exact) mass is 423 g/mol.